The first-order chi connectivity index (χ1) is 18.1. The molecule has 0 N–H and O–H groups in total. The average molecular weight is 548 g/mol. The van der Waals surface area contributed by atoms with Crippen LogP contribution in [0.25, 0.3) is 0 Å². The third kappa shape index (κ3) is 32.2. The summed E-state index contributed by atoms with van der Waals surface area (Å²) in [7, 11) is 0. The maximum atomic E-state index is 10.3. The molecule has 0 fully saturated rings. The molecule has 0 amide bonds. The number of rotatable bonds is 23. The smallest absolute Gasteiger partial charge is 0.212 e. The Labute approximate surface area is 233 Å². The second-order valence-corrected chi connectivity index (χ2v) is 10.6. The van der Waals surface area contributed by atoms with Crippen molar-refractivity contribution < 1.29 is 14.8 Å². The molecule has 0 aliphatic rings. The largest absolute Gasteiger partial charge is 0.264 e. The fraction of sp³-hybridized carbons (Fsp3) is 1.00. The molecular weight excluding hydrogens is 486 g/mol. The van der Waals surface area contributed by atoms with Crippen molar-refractivity contribution in [2.45, 2.75) is 188 Å². The van der Waals surface area contributed by atoms with E-state index in [1.54, 1.807) is 13.8 Å². The molecule has 0 heterocycles. The molecule has 0 rings (SSSR count). The topological polar surface area (TPSA) is 129 Å². The van der Waals surface area contributed by atoms with Gasteiger partial charge in [-0.2, -0.15) is 0 Å². The maximum Gasteiger partial charge on any atom is 0.212 e. The van der Waals surface area contributed by atoms with E-state index in [-0.39, 0.29) is 32.9 Å². The van der Waals surface area contributed by atoms with Crippen LogP contribution in [-0.4, -0.2) is 32.9 Å². The zero-order valence-electron chi connectivity index (χ0n) is 25.7. The highest BCUT2D eigenvalue weighted by atomic mass is 16.6. The number of hydrogen-bond donors (Lipinski definition) is 0. The number of unbranched alkanes of at least 4 members (excludes halogenated alkanes) is 13. The molecule has 0 radical (unpaired) electrons. The van der Waals surface area contributed by atoms with Gasteiger partial charge in [0.25, 0.3) is 0 Å². The lowest BCUT2D eigenvalue weighted by molar-refractivity contribution is -0.523. The summed E-state index contributed by atoms with van der Waals surface area (Å²) in [5, 5.41) is 30.9. The van der Waals surface area contributed by atoms with Crippen LogP contribution in [-0.2, 0) is 0 Å². The molecular formula is C29H61N3O6. The van der Waals surface area contributed by atoms with E-state index in [1.807, 2.05) is 13.8 Å². The molecule has 38 heavy (non-hydrogen) atoms. The van der Waals surface area contributed by atoms with Crippen LogP contribution in [0.4, 0.5) is 0 Å². The van der Waals surface area contributed by atoms with E-state index in [9.17, 15) is 30.3 Å². The van der Waals surface area contributed by atoms with Gasteiger partial charge in [0.15, 0.2) is 0 Å². The molecule has 0 aromatic carbocycles. The minimum Gasteiger partial charge on any atom is -0.264 e. The third-order valence-electron chi connectivity index (χ3n) is 6.83. The van der Waals surface area contributed by atoms with Crippen molar-refractivity contribution in [1.29, 1.82) is 0 Å². The molecule has 3 atom stereocenters. The van der Waals surface area contributed by atoms with E-state index in [0.29, 0.717) is 6.42 Å². The van der Waals surface area contributed by atoms with Crippen molar-refractivity contribution in [3.8, 4) is 0 Å². The highest BCUT2D eigenvalue weighted by Crippen LogP contribution is 2.12. The maximum absolute atomic E-state index is 10.3. The quantitative estimate of drug-likeness (QED) is 0.0710. The fourth-order valence-electron chi connectivity index (χ4n) is 3.90. The Morgan fingerprint density at radius 3 is 1.03 bits per heavy atom. The van der Waals surface area contributed by atoms with E-state index in [2.05, 4.69) is 13.8 Å². The third-order valence-corrected chi connectivity index (χ3v) is 6.83. The highest BCUT2D eigenvalue weighted by Gasteiger charge is 2.15. The first-order valence-corrected chi connectivity index (χ1v) is 15.5. The zero-order valence-corrected chi connectivity index (χ0v) is 25.7. The molecule has 0 saturated carbocycles. The summed E-state index contributed by atoms with van der Waals surface area (Å²) in [6.07, 6.45) is 22.1. The Morgan fingerprint density at radius 2 is 0.763 bits per heavy atom. The Kier molecular flexibility index (Phi) is 33.6. The lowest BCUT2D eigenvalue weighted by Gasteiger charge is -2.04. The highest BCUT2D eigenvalue weighted by molar-refractivity contribution is 4.53. The normalized spacial score (nSPS) is 12.8. The van der Waals surface area contributed by atoms with E-state index in [4.69, 9.17) is 0 Å². The summed E-state index contributed by atoms with van der Waals surface area (Å²) in [5.41, 5.74) is 0. The molecule has 0 bridgehead atoms. The standard InChI is InChI=1S/C12H25NO2.C10H21NO2.C7H15NO2/c1-3-4-5-6-7-8-9-10-11-12(2)13(14)15;1-3-4-5-6-7-8-9-10(2)11(12)13;1-3-5-6-7(4-2)8(9)10/h12H,3-11H2,1-2H3;10H,3-9H2,1-2H3;7H,3-6H2,1-2H3. The summed E-state index contributed by atoms with van der Waals surface area (Å²) >= 11 is 0. The molecule has 0 aromatic heterocycles. The van der Waals surface area contributed by atoms with Gasteiger partial charge in [0.2, 0.25) is 18.1 Å². The molecule has 0 aromatic rings. The number of nitrogens with zero attached hydrogens (tertiary/aromatic N) is 3. The van der Waals surface area contributed by atoms with Gasteiger partial charge in [0.1, 0.15) is 0 Å². The summed E-state index contributed by atoms with van der Waals surface area (Å²) in [4.78, 5) is 30.3. The van der Waals surface area contributed by atoms with Crippen molar-refractivity contribution in [3.63, 3.8) is 0 Å². The molecule has 0 aliphatic heterocycles. The van der Waals surface area contributed by atoms with Crippen molar-refractivity contribution in [3.05, 3.63) is 30.3 Å². The Balaban J connectivity index is -0.000000494. The minimum atomic E-state index is -0.356. The lowest BCUT2D eigenvalue weighted by Crippen LogP contribution is -2.17. The van der Waals surface area contributed by atoms with Crippen LogP contribution in [0.3, 0.4) is 0 Å². The van der Waals surface area contributed by atoms with Gasteiger partial charge in [0.05, 0.1) is 0 Å². The van der Waals surface area contributed by atoms with Crippen LogP contribution in [0.1, 0.15) is 170 Å². The van der Waals surface area contributed by atoms with E-state index in [1.165, 1.54) is 64.2 Å². The van der Waals surface area contributed by atoms with Crippen LogP contribution in [0.15, 0.2) is 0 Å². The van der Waals surface area contributed by atoms with Gasteiger partial charge >= 0.3 is 0 Å². The molecule has 9 heteroatoms. The van der Waals surface area contributed by atoms with Gasteiger partial charge in [-0.15, -0.1) is 0 Å². The van der Waals surface area contributed by atoms with Crippen LogP contribution in [0.5, 0.6) is 0 Å². The summed E-state index contributed by atoms with van der Waals surface area (Å²) in [5.74, 6) is 0. The number of hydrogen-bond acceptors (Lipinski definition) is 6. The Morgan fingerprint density at radius 1 is 0.447 bits per heavy atom. The Hall–Kier alpha value is -1.80. The van der Waals surface area contributed by atoms with E-state index < -0.39 is 0 Å². The van der Waals surface area contributed by atoms with Crippen LogP contribution >= 0.6 is 0 Å². The Bertz CT molecular complexity index is 548. The summed E-state index contributed by atoms with van der Waals surface area (Å²) in [6, 6.07) is -1.02. The fourth-order valence-corrected chi connectivity index (χ4v) is 3.90. The van der Waals surface area contributed by atoms with Gasteiger partial charge < -0.3 is 0 Å². The van der Waals surface area contributed by atoms with Gasteiger partial charge in [0, 0.05) is 54.3 Å². The van der Waals surface area contributed by atoms with Crippen molar-refractivity contribution >= 4 is 0 Å². The molecule has 9 nitrogen and oxygen atoms in total. The molecule has 0 spiro atoms. The molecule has 228 valence electrons. The predicted octanol–water partition coefficient (Wildman–Crippen LogP) is 9.82. The van der Waals surface area contributed by atoms with Gasteiger partial charge in [-0.05, 0) is 19.3 Å². The first-order valence-electron chi connectivity index (χ1n) is 15.5. The van der Waals surface area contributed by atoms with Crippen LogP contribution in [0, 0.1) is 30.3 Å². The monoisotopic (exact) mass is 547 g/mol. The van der Waals surface area contributed by atoms with Crippen molar-refractivity contribution in [1.82, 2.24) is 0 Å². The second-order valence-electron chi connectivity index (χ2n) is 10.6. The predicted molar refractivity (Wildman–Crippen MR) is 159 cm³/mol. The zero-order chi connectivity index (χ0) is 29.6. The van der Waals surface area contributed by atoms with Crippen LogP contribution < -0.4 is 0 Å². The molecule has 0 aliphatic carbocycles. The first kappa shape index (κ1) is 40.7. The van der Waals surface area contributed by atoms with Crippen LogP contribution in [0.2, 0.25) is 0 Å². The average Bonchev–Trinajstić information content (AvgIpc) is 2.88. The van der Waals surface area contributed by atoms with Gasteiger partial charge in [-0.3, -0.25) is 30.3 Å². The van der Waals surface area contributed by atoms with Crippen molar-refractivity contribution in [2.24, 2.45) is 0 Å². The van der Waals surface area contributed by atoms with E-state index >= 15 is 0 Å². The minimum absolute atomic E-state index is 0.171. The van der Waals surface area contributed by atoms with Gasteiger partial charge in [-0.1, -0.05) is 111 Å². The van der Waals surface area contributed by atoms with Crippen molar-refractivity contribution in [2.75, 3.05) is 0 Å². The molecule has 0 saturated heterocycles. The number of nitro groups is 3. The SMILES string of the molecule is CCCCC(CC)[N+](=O)[O-].CCCCCCCCC(C)[N+](=O)[O-].CCCCCCCCCCC(C)[N+](=O)[O-]. The second kappa shape index (κ2) is 31.4. The summed E-state index contributed by atoms with van der Waals surface area (Å²) in [6.45, 7) is 11.7. The van der Waals surface area contributed by atoms with Gasteiger partial charge in [-0.25, -0.2) is 0 Å². The lowest BCUT2D eigenvalue weighted by atomic mass is 10.1. The summed E-state index contributed by atoms with van der Waals surface area (Å²) < 4.78 is 0. The molecule has 3 unspecified atom stereocenters. The van der Waals surface area contributed by atoms with E-state index in [0.717, 1.165) is 57.8 Å².